The number of hydrogen-bond donors (Lipinski definition) is 3. The molecule has 4 aromatic rings. The van der Waals surface area contributed by atoms with E-state index < -0.39 is 0 Å². The summed E-state index contributed by atoms with van der Waals surface area (Å²) in [4.78, 5) is 35.0. The van der Waals surface area contributed by atoms with Gasteiger partial charge in [-0.25, -0.2) is 19.9 Å². The molecule has 10 heteroatoms. The van der Waals surface area contributed by atoms with Gasteiger partial charge in [0.2, 0.25) is 5.91 Å². The number of H-pyrrole nitrogens is 1. The van der Waals surface area contributed by atoms with E-state index in [0.717, 1.165) is 42.2 Å². The van der Waals surface area contributed by atoms with Crippen molar-refractivity contribution in [1.29, 1.82) is 0 Å². The molecule has 1 fully saturated rings. The standard InChI is InChI=1S/C21H23N9O/c22-14-3-4-19-25-10-17(30(19)11-14)21-24-6-5-18(28-21)27-15-2-1-7-29(12-15)20(31)8-16-9-23-13-26-16/h3-6,9-11,13,15H,1-2,7-8,12,22H2,(H,23,26)(H,24,27,28). The third kappa shape index (κ3) is 4.04. The molecular formula is C21H23N9O. The fourth-order valence-electron chi connectivity index (χ4n) is 3.91. The van der Waals surface area contributed by atoms with Crippen molar-refractivity contribution >= 4 is 23.1 Å². The molecule has 1 unspecified atom stereocenters. The van der Waals surface area contributed by atoms with Crippen LogP contribution in [0.2, 0.25) is 0 Å². The molecule has 1 saturated heterocycles. The van der Waals surface area contributed by atoms with E-state index in [2.05, 4.69) is 30.2 Å². The van der Waals surface area contributed by atoms with Crippen molar-refractivity contribution in [3.05, 3.63) is 55.0 Å². The summed E-state index contributed by atoms with van der Waals surface area (Å²) in [6.45, 7) is 1.40. The quantitative estimate of drug-likeness (QED) is 0.451. The summed E-state index contributed by atoms with van der Waals surface area (Å²) < 4.78 is 1.88. The molecule has 0 bridgehead atoms. The maximum atomic E-state index is 12.6. The van der Waals surface area contributed by atoms with Gasteiger partial charge in [0.15, 0.2) is 5.82 Å². The number of piperidine rings is 1. The van der Waals surface area contributed by atoms with E-state index in [0.29, 0.717) is 24.5 Å². The van der Waals surface area contributed by atoms with Crippen LogP contribution in [0.1, 0.15) is 18.5 Å². The number of nitrogens with one attached hydrogen (secondary N) is 2. The summed E-state index contributed by atoms with van der Waals surface area (Å²) >= 11 is 0. The minimum absolute atomic E-state index is 0.0995. The molecule has 4 N–H and O–H groups in total. The van der Waals surface area contributed by atoms with Crippen LogP contribution in [0, 0.1) is 0 Å². The van der Waals surface area contributed by atoms with E-state index in [1.807, 2.05) is 33.7 Å². The summed E-state index contributed by atoms with van der Waals surface area (Å²) in [6, 6.07) is 5.64. The molecule has 4 aromatic heterocycles. The van der Waals surface area contributed by atoms with Crippen molar-refractivity contribution in [2.24, 2.45) is 0 Å². The Hall–Kier alpha value is -3.95. The lowest BCUT2D eigenvalue weighted by molar-refractivity contribution is -0.131. The number of carbonyl (C=O) groups is 1. The van der Waals surface area contributed by atoms with Crippen LogP contribution in [0.3, 0.4) is 0 Å². The second-order valence-electron chi connectivity index (χ2n) is 7.68. The third-order valence-electron chi connectivity index (χ3n) is 5.44. The number of rotatable bonds is 5. The number of likely N-dealkylation sites (tertiary alicyclic amines) is 1. The number of pyridine rings is 1. The SMILES string of the molecule is Nc1ccc2ncc(-c3nccc(NC4CCCN(C(=O)Cc5cnc[nH]5)C4)n3)n2c1. The minimum Gasteiger partial charge on any atom is -0.398 e. The van der Waals surface area contributed by atoms with Crippen LogP contribution in [0.25, 0.3) is 17.2 Å². The molecule has 1 aliphatic heterocycles. The fourth-order valence-corrected chi connectivity index (χ4v) is 3.91. The van der Waals surface area contributed by atoms with Crippen LogP contribution >= 0.6 is 0 Å². The molecule has 31 heavy (non-hydrogen) atoms. The van der Waals surface area contributed by atoms with Gasteiger partial charge in [0.05, 0.1) is 18.9 Å². The Labute approximate surface area is 178 Å². The van der Waals surface area contributed by atoms with Gasteiger partial charge < -0.3 is 20.9 Å². The van der Waals surface area contributed by atoms with Gasteiger partial charge in [-0.3, -0.25) is 9.20 Å². The Morgan fingerprint density at radius 3 is 3.06 bits per heavy atom. The average molecular weight is 417 g/mol. The Bertz CT molecular complexity index is 1200. The van der Waals surface area contributed by atoms with Crippen LogP contribution in [0.4, 0.5) is 11.5 Å². The van der Waals surface area contributed by atoms with Gasteiger partial charge >= 0.3 is 0 Å². The topological polar surface area (TPSA) is 130 Å². The Morgan fingerprint density at radius 2 is 2.19 bits per heavy atom. The lowest BCUT2D eigenvalue weighted by Gasteiger charge is -2.33. The van der Waals surface area contributed by atoms with Gasteiger partial charge in [0.1, 0.15) is 17.2 Å². The minimum atomic E-state index is 0.0995. The van der Waals surface area contributed by atoms with Gasteiger partial charge in [0, 0.05) is 49.1 Å². The maximum absolute atomic E-state index is 12.6. The van der Waals surface area contributed by atoms with Crippen molar-refractivity contribution in [2.45, 2.75) is 25.3 Å². The molecule has 1 amide bonds. The van der Waals surface area contributed by atoms with Gasteiger partial charge in [-0.2, -0.15) is 0 Å². The number of aromatic nitrogens is 6. The zero-order chi connectivity index (χ0) is 21.2. The van der Waals surface area contributed by atoms with Crippen LogP contribution in [0.15, 0.2) is 49.3 Å². The highest BCUT2D eigenvalue weighted by molar-refractivity contribution is 5.78. The van der Waals surface area contributed by atoms with Crippen molar-refractivity contribution in [1.82, 2.24) is 34.2 Å². The van der Waals surface area contributed by atoms with E-state index >= 15 is 0 Å². The molecule has 0 aliphatic carbocycles. The van der Waals surface area contributed by atoms with E-state index in [9.17, 15) is 4.79 Å². The summed E-state index contributed by atoms with van der Waals surface area (Å²) in [5.41, 5.74) is 8.95. The van der Waals surface area contributed by atoms with Crippen LogP contribution in [-0.2, 0) is 11.2 Å². The highest BCUT2D eigenvalue weighted by Gasteiger charge is 2.24. The molecular weight excluding hydrogens is 394 g/mol. The monoisotopic (exact) mass is 417 g/mol. The number of hydrogen-bond acceptors (Lipinski definition) is 7. The predicted molar refractivity (Wildman–Crippen MR) is 116 cm³/mol. The first-order valence-electron chi connectivity index (χ1n) is 10.2. The number of nitrogen functional groups attached to an aromatic ring is 1. The van der Waals surface area contributed by atoms with E-state index in [4.69, 9.17) is 5.73 Å². The zero-order valence-corrected chi connectivity index (χ0v) is 16.9. The molecule has 0 radical (unpaired) electrons. The van der Waals surface area contributed by atoms with Crippen molar-refractivity contribution in [3.63, 3.8) is 0 Å². The second-order valence-corrected chi connectivity index (χ2v) is 7.68. The molecule has 0 spiro atoms. The third-order valence-corrected chi connectivity index (χ3v) is 5.44. The number of fused-ring (bicyclic) bond motifs is 1. The predicted octanol–water partition coefficient (Wildman–Crippen LogP) is 1.74. The van der Waals surface area contributed by atoms with E-state index in [1.165, 1.54) is 0 Å². The van der Waals surface area contributed by atoms with Crippen LogP contribution < -0.4 is 11.1 Å². The number of anilines is 2. The van der Waals surface area contributed by atoms with Crippen LogP contribution in [-0.4, -0.2) is 59.3 Å². The lowest BCUT2D eigenvalue weighted by atomic mass is 10.1. The summed E-state index contributed by atoms with van der Waals surface area (Å²) in [6.07, 6.45) is 10.8. The Morgan fingerprint density at radius 1 is 1.26 bits per heavy atom. The maximum Gasteiger partial charge on any atom is 0.228 e. The highest BCUT2D eigenvalue weighted by Crippen LogP contribution is 2.21. The molecule has 5 heterocycles. The first-order valence-corrected chi connectivity index (χ1v) is 10.2. The molecule has 0 saturated carbocycles. The first kappa shape index (κ1) is 19.0. The Balaban J connectivity index is 1.30. The van der Waals surface area contributed by atoms with Gasteiger partial charge in [-0.05, 0) is 31.0 Å². The Kier molecular flexibility index (Phi) is 4.95. The number of nitrogens with two attached hydrogens (primary N) is 1. The second kappa shape index (κ2) is 8.05. The number of aromatic amines is 1. The molecule has 1 aliphatic rings. The largest absolute Gasteiger partial charge is 0.398 e. The number of imidazole rings is 2. The first-order chi connectivity index (χ1) is 15.2. The zero-order valence-electron chi connectivity index (χ0n) is 16.9. The summed E-state index contributed by atoms with van der Waals surface area (Å²) in [5.74, 6) is 1.38. The normalized spacial score (nSPS) is 16.5. The number of amides is 1. The van der Waals surface area contributed by atoms with E-state index in [1.54, 1.807) is 24.9 Å². The molecule has 158 valence electrons. The van der Waals surface area contributed by atoms with Crippen molar-refractivity contribution in [2.75, 3.05) is 24.1 Å². The van der Waals surface area contributed by atoms with Gasteiger partial charge in [-0.15, -0.1) is 0 Å². The van der Waals surface area contributed by atoms with Gasteiger partial charge in [0.25, 0.3) is 0 Å². The molecule has 0 aromatic carbocycles. The fraction of sp³-hybridized carbons (Fsp3) is 0.286. The molecule has 10 nitrogen and oxygen atoms in total. The lowest BCUT2D eigenvalue weighted by Crippen LogP contribution is -2.45. The number of carbonyl (C=O) groups excluding carboxylic acids is 1. The molecule has 5 rings (SSSR count). The summed E-state index contributed by atoms with van der Waals surface area (Å²) in [5, 5.41) is 3.47. The summed E-state index contributed by atoms with van der Waals surface area (Å²) in [7, 11) is 0. The van der Waals surface area contributed by atoms with Crippen molar-refractivity contribution in [3.8, 4) is 11.5 Å². The van der Waals surface area contributed by atoms with Gasteiger partial charge in [-0.1, -0.05) is 0 Å². The highest BCUT2D eigenvalue weighted by atomic mass is 16.2. The number of nitrogens with zero attached hydrogens (tertiary/aromatic N) is 6. The smallest absolute Gasteiger partial charge is 0.228 e. The van der Waals surface area contributed by atoms with Crippen LogP contribution in [0.5, 0.6) is 0 Å². The molecule has 1 atom stereocenters. The van der Waals surface area contributed by atoms with E-state index in [-0.39, 0.29) is 11.9 Å². The average Bonchev–Trinajstić information content (AvgIpc) is 3.43. The van der Waals surface area contributed by atoms with Crippen molar-refractivity contribution < 1.29 is 4.79 Å².